The molecule has 0 atom stereocenters. The quantitative estimate of drug-likeness (QED) is 0.744. The Morgan fingerprint density at radius 3 is 2.38 bits per heavy atom. The molecule has 0 unspecified atom stereocenters. The molecule has 0 saturated carbocycles. The molecule has 7 heteroatoms. The summed E-state index contributed by atoms with van der Waals surface area (Å²) in [5, 5.41) is 3.72. The number of halogens is 5. The Kier molecular flexibility index (Phi) is 5.00. The van der Waals surface area contributed by atoms with Crippen molar-refractivity contribution in [1.29, 1.82) is 0 Å². The lowest BCUT2D eigenvalue weighted by Gasteiger charge is -2.11. The zero-order valence-corrected chi connectivity index (χ0v) is 12.9. The molecule has 0 aliphatic rings. The van der Waals surface area contributed by atoms with Crippen LogP contribution in [0.15, 0.2) is 46.9 Å². The maximum atomic E-state index is 12.0. The second kappa shape index (κ2) is 6.58. The number of rotatable bonds is 4. The van der Waals surface area contributed by atoms with E-state index in [-0.39, 0.29) is 5.75 Å². The van der Waals surface area contributed by atoms with Gasteiger partial charge in [0.1, 0.15) is 5.75 Å². The first-order valence-corrected chi connectivity index (χ1v) is 7.05. The van der Waals surface area contributed by atoms with Crippen molar-refractivity contribution in [3.63, 3.8) is 0 Å². The number of anilines is 1. The van der Waals surface area contributed by atoms with E-state index in [0.29, 0.717) is 11.6 Å². The van der Waals surface area contributed by atoms with Gasteiger partial charge in [-0.1, -0.05) is 29.8 Å². The monoisotopic (exact) mass is 379 g/mol. The van der Waals surface area contributed by atoms with Crippen molar-refractivity contribution >= 4 is 33.2 Å². The number of nitrogens with one attached hydrogen (secondary N) is 1. The summed E-state index contributed by atoms with van der Waals surface area (Å²) >= 11 is 9.33. The number of hydrogen-bond acceptors (Lipinski definition) is 2. The fourth-order valence-corrected chi connectivity index (χ4v) is 2.23. The van der Waals surface area contributed by atoms with Crippen molar-refractivity contribution in [3.05, 3.63) is 57.5 Å². The van der Waals surface area contributed by atoms with Gasteiger partial charge in [0.2, 0.25) is 0 Å². The van der Waals surface area contributed by atoms with E-state index in [1.54, 1.807) is 24.3 Å². The number of alkyl halides is 3. The van der Waals surface area contributed by atoms with Crippen LogP contribution in [0.3, 0.4) is 0 Å². The van der Waals surface area contributed by atoms with Crippen molar-refractivity contribution in [2.45, 2.75) is 12.9 Å². The fourth-order valence-electron chi connectivity index (χ4n) is 1.65. The predicted octanol–water partition coefficient (Wildman–Crippen LogP) is 5.61. The Hall–Kier alpha value is -1.40. The van der Waals surface area contributed by atoms with Gasteiger partial charge in [-0.3, -0.25) is 0 Å². The van der Waals surface area contributed by atoms with E-state index < -0.39 is 6.36 Å². The minimum Gasteiger partial charge on any atom is -0.406 e. The predicted molar refractivity (Wildman–Crippen MR) is 79.6 cm³/mol. The molecule has 2 aromatic carbocycles. The average molecular weight is 381 g/mol. The highest BCUT2D eigenvalue weighted by atomic mass is 79.9. The normalized spacial score (nSPS) is 11.3. The summed E-state index contributed by atoms with van der Waals surface area (Å²) < 4.78 is 40.7. The molecule has 2 rings (SSSR count). The number of hydrogen-bond donors (Lipinski definition) is 1. The molecule has 112 valence electrons. The van der Waals surface area contributed by atoms with Crippen LogP contribution in [0.5, 0.6) is 5.75 Å². The van der Waals surface area contributed by atoms with E-state index in [9.17, 15) is 13.2 Å². The maximum absolute atomic E-state index is 12.0. The summed E-state index contributed by atoms with van der Waals surface area (Å²) in [6.07, 6.45) is -4.68. The van der Waals surface area contributed by atoms with E-state index in [1.165, 1.54) is 12.1 Å². The molecule has 0 radical (unpaired) electrons. The van der Waals surface area contributed by atoms with Crippen LogP contribution in [0, 0.1) is 0 Å². The Morgan fingerprint density at radius 1 is 1.10 bits per heavy atom. The van der Waals surface area contributed by atoms with Gasteiger partial charge in [-0.2, -0.15) is 0 Å². The number of benzene rings is 2. The Bertz CT molecular complexity index is 617. The van der Waals surface area contributed by atoms with Gasteiger partial charge in [0.15, 0.2) is 0 Å². The van der Waals surface area contributed by atoms with Gasteiger partial charge in [0.05, 0.1) is 15.2 Å². The van der Waals surface area contributed by atoms with Gasteiger partial charge in [-0.15, -0.1) is 13.2 Å². The highest BCUT2D eigenvalue weighted by Crippen LogP contribution is 2.30. The van der Waals surface area contributed by atoms with Crippen molar-refractivity contribution < 1.29 is 17.9 Å². The number of ether oxygens (including phenoxy) is 1. The highest BCUT2D eigenvalue weighted by molar-refractivity contribution is 9.10. The van der Waals surface area contributed by atoms with Crippen LogP contribution in [0.2, 0.25) is 5.02 Å². The van der Waals surface area contributed by atoms with Crippen LogP contribution in [0.1, 0.15) is 5.56 Å². The van der Waals surface area contributed by atoms with Crippen LogP contribution in [0.25, 0.3) is 0 Å². The molecule has 0 aromatic heterocycles. The molecular formula is C14H10BrClF3NO. The molecule has 0 spiro atoms. The third-order valence-corrected chi connectivity index (χ3v) is 3.99. The smallest absolute Gasteiger partial charge is 0.406 e. The average Bonchev–Trinajstić information content (AvgIpc) is 2.40. The van der Waals surface area contributed by atoms with Gasteiger partial charge in [0, 0.05) is 6.54 Å². The van der Waals surface area contributed by atoms with Gasteiger partial charge in [0.25, 0.3) is 0 Å². The molecule has 0 heterocycles. The molecule has 0 fully saturated rings. The molecular weight excluding hydrogens is 371 g/mol. The van der Waals surface area contributed by atoms with Gasteiger partial charge in [-0.25, -0.2) is 0 Å². The highest BCUT2D eigenvalue weighted by Gasteiger charge is 2.30. The summed E-state index contributed by atoms with van der Waals surface area (Å²) in [5.41, 5.74) is 1.62. The molecule has 0 aliphatic heterocycles. The van der Waals surface area contributed by atoms with Crippen LogP contribution < -0.4 is 10.1 Å². The second-order valence-electron chi connectivity index (χ2n) is 4.15. The maximum Gasteiger partial charge on any atom is 0.573 e. The van der Waals surface area contributed by atoms with Crippen molar-refractivity contribution in [2.75, 3.05) is 5.32 Å². The first-order valence-electron chi connectivity index (χ1n) is 5.88. The van der Waals surface area contributed by atoms with Crippen molar-refractivity contribution in [2.24, 2.45) is 0 Å². The summed E-state index contributed by atoms with van der Waals surface area (Å²) in [4.78, 5) is 0. The first kappa shape index (κ1) is 16.0. The molecule has 2 nitrogen and oxygen atoms in total. The lowest BCUT2D eigenvalue weighted by atomic mass is 10.2. The van der Waals surface area contributed by atoms with E-state index >= 15 is 0 Å². The fraction of sp³-hybridized carbons (Fsp3) is 0.143. The zero-order valence-electron chi connectivity index (χ0n) is 10.5. The second-order valence-corrected chi connectivity index (χ2v) is 5.35. The van der Waals surface area contributed by atoms with Crippen molar-refractivity contribution in [1.82, 2.24) is 0 Å². The zero-order chi connectivity index (χ0) is 15.5. The molecule has 1 N–H and O–H groups in total. The minimum atomic E-state index is -4.68. The van der Waals surface area contributed by atoms with Gasteiger partial charge < -0.3 is 10.1 Å². The van der Waals surface area contributed by atoms with Crippen LogP contribution >= 0.6 is 27.5 Å². The third kappa shape index (κ3) is 4.82. The molecule has 21 heavy (non-hydrogen) atoms. The lowest BCUT2D eigenvalue weighted by molar-refractivity contribution is -0.274. The molecule has 0 aliphatic carbocycles. The minimum absolute atomic E-state index is 0.241. The van der Waals surface area contributed by atoms with E-state index in [4.69, 9.17) is 11.6 Å². The SMILES string of the molecule is FC(F)(F)Oc1ccc(CNc2cccc(Cl)c2Br)cc1. The summed E-state index contributed by atoms with van der Waals surface area (Å²) in [6, 6.07) is 11.1. The summed E-state index contributed by atoms with van der Waals surface area (Å²) in [5.74, 6) is -0.241. The Labute approximate surface area is 133 Å². The standard InChI is InChI=1S/C14H10BrClF3NO/c15-13-11(16)2-1-3-12(13)20-8-9-4-6-10(7-5-9)21-14(17,18)19/h1-7,20H,8H2. The molecule has 0 bridgehead atoms. The Morgan fingerprint density at radius 2 is 1.76 bits per heavy atom. The largest absolute Gasteiger partial charge is 0.573 e. The first-order chi connectivity index (χ1) is 9.85. The van der Waals surface area contributed by atoms with E-state index in [0.717, 1.165) is 15.7 Å². The molecule has 2 aromatic rings. The van der Waals surface area contributed by atoms with Crippen LogP contribution in [-0.4, -0.2) is 6.36 Å². The summed E-state index contributed by atoms with van der Waals surface area (Å²) in [6.45, 7) is 0.450. The van der Waals surface area contributed by atoms with E-state index in [2.05, 4.69) is 26.0 Å². The summed E-state index contributed by atoms with van der Waals surface area (Å²) in [7, 11) is 0. The van der Waals surface area contributed by atoms with Crippen molar-refractivity contribution in [3.8, 4) is 5.75 Å². The van der Waals surface area contributed by atoms with Gasteiger partial charge in [-0.05, 0) is 45.8 Å². The lowest BCUT2D eigenvalue weighted by Crippen LogP contribution is -2.17. The third-order valence-electron chi connectivity index (χ3n) is 2.59. The molecule has 0 saturated heterocycles. The molecule has 0 amide bonds. The van der Waals surface area contributed by atoms with Crippen LogP contribution in [0.4, 0.5) is 18.9 Å². The van der Waals surface area contributed by atoms with Gasteiger partial charge >= 0.3 is 6.36 Å². The van der Waals surface area contributed by atoms with E-state index in [1.807, 2.05) is 6.07 Å². The van der Waals surface area contributed by atoms with Crippen LogP contribution in [-0.2, 0) is 6.54 Å². The topological polar surface area (TPSA) is 21.3 Å². The Balaban J connectivity index is 1.99.